The van der Waals surface area contributed by atoms with Crippen LogP contribution in [0.4, 0.5) is 0 Å². The van der Waals surface area contributed by atoms with Crippen LogP contribution in [0.2, 0.25) is 0 Å². The maximum absolute atomic E-state index is 5.89. The number of rotatable bonds is 9. The number of benzene rings is 1. The van der Waals surface area contributed by atoms with Crippen molar-refractivity contribution in [3.05, 3.63) is 71.5 Å². The Morgan fingerprint density at radius 2 is 2.14 bits per heavy atom. The minimum absolute atomic E-state index is 0.596. The van der Waals surface area contributed by atoms with Gasteiger partial charge in [-0.3, -0.25) is 0 Å². The van der Waals surface area contributed by atoms with Gasteiger partial charge in [-0.05, 0) is 42.4 Å². The van der Waals surface area contributed by atoms with E-state index in [1.165, 1.54) is 24.0 Å². The van der Waals surface area contributed by atoms with E-state index in [4.69, 9.17) is 4.74 Å². The first-order valence-corrected chi connectivity index (χ1v) is 8.13. The van der Waals surface area contributed by atoms with E-state index in [2.05, 4.69) is 43.1 Å². The molecule has 1 fully saturated rings. The summed E-state index contributed by atoms with van der Waals surface area (Å²) in [5.41, 5.74) is 5.00. The van der Waals surface area contributed by atoms with Crippen LogP contribution < -0.4 is 5.32 Å². The van der Waals surface area contributed by atoms with Gasteiger partial charge in [0.25, 0.3) is 0 Å². The van der Waals surface area contributed by atoms with Crippen LogP contribution in [0.1, 0.15) is 43.2 Å². The van der Waals surface area contributed by atoms with Gasteiger partial charge in [0.05, 0.1) is 13.2 Å². The number of likely N-dealkylation sites (N-methyl/N-ethyl adjacent to an activating group) is 1. The van der Waals surface area contributed by atoms with Crippen LogP contribution >= 0.6 is 0 Å². The average Bonchev–Trinajstić information content (AvgIpc) is 3.38. The zero-order chi connectivity index (χ0) is 15.8. The highest BCUT2D eigenvalue weighted by atomic mass is 16.5. The summed E-state index contributed by atoms with van der Waals surface area (Å²) < 4.78 is 5.89. The first-order valence-electron chi connectivity index (χ1n) is 8.13. The summed E-state index contributed by atoms with van der Waals surface area (Å²) in [5.74, 6) is 0.766. The van der Waals surface area contributed by atoms with Crippen molar-refractivity contribution in [2.45, 2.75) is 38.7 Å². The molecule has 0 spiro atoms. The standard InChI is InChI=1S/C20H27NO/c1-4-16(2)8-7-10-19(21-3)15-22-14-18-9-5-6-11-20(18)17-12-13-17/h5-11,17,21H,2,4,12-15H2,1,3H3/b8-7-,19-10+. The lowest BCUT2D eigenvalue weighted by Gasteiger charge is -2.11. The highest BCUT2D eigenvalue weighted by molar-refractivity contribution is 5.32. The third-order valence-electron chi connectivity index (χ3n) is 3.99. The lowest BCUT2D eigenvalue weighted by Crippen LogP contribution is -2.12. The normalized spacial score (nSPS) is 15.3. The zero-order valence-electron chi connectivity index (χ0n) is 13.8. The van der Waals surface area contributed by atoms with Crippen LogP contribution in [-0.2, 0) is 11.3 Å². The Morgan fingerprint density at radius 1 is 1.36 bits per heavy atom. The average molecular weight is 297 g/mol. The Hall–Kier alpha value is -1.80. The third kappa shape index (κ3) is 5.19. The Kier molecular flexibility index (Phi) is 6.47. The van der Waals surface area contributed by atoms with E-state index >= 15 is 0 Å². The lowest BCUT2D eigenvalue weighted by molar-refractivity contribution is 0.138. The van der Waals surface area contributed by atoms with Crippen LogP contribution in [0.5, 0.6) is 0 Å². The van der Waals surface area contributed by atoms with E-state index in [-0.39, 0.29) is 0 Å². The van der Waals surface area contributed by atoms with Crippen molar-refractivity contribution < 1.29 is 4.74 Å². The third-order valence-corrected chi connectivity index (χ3v) is 3.99. The molecule has 2 heteroatoms. The van der Waals surface area contributed by atoms with Crippen molar-refractivity contribution in [3.63, 3.8) is 0 Å². The van der Waals surface area contributed by atoms with Crippen LogP contribution in [0, 0.1) is 0 Å². The minimum Gasteiger partial charge on any atom is -0.390 e. The Balaban J connectivity index is 1.85. The first-order chi connectivity index (χ1) is 10.7. The quantitative estimate of drug-likeness (QED) is 0.667. The number of ether oxygens (including phenoxy) is 1. The predicted molar refractivity (Wildman–Crippen MR) is 93.8 cm³/mol. The van der Waals surface area contributed by atoms with E-state index in [1.807, 2.05) is 25.3 Å². The van der Waals surface area contributed by atoms with Crippen molar-refractivity contribution in [1.29, 1.82) is 0 Å². The molecule has 1 N–H and O–H groups in total. The molecule has 0 bridgehead atoms. The molecule has 0 unspecified atom stereocenters. The molecular formula is C20H27NO. The second-order valence-electron chi connectivity index (χ2n) is 5.78. The van der Waals surface area contributed by atoms with E-state index in [0.717, 1.165) is 23.6 Å². The van der Waals surface area contributed by atoms with Crippen LogP contribution in [0.25, 0.3) is 0 Å². The van der Waals surface area contributed by atoms with Gasteiger partial charge in [0.15, 0.2) is 0 Å². The van der Waals surface area contributed by atoms with Crippen molar-refractivity contribution in [2.75, 3.05) is 13.7 Å². The van der Waals surface area contributed by atoms with Crippen molar-refractivity contribution in [2.24, 2.45) is 0 Å². The Labute approximate surface area is 134 Å². The maximum Gasteiger partial charge on any atom is 0.0866 e. The molecule has 1 aromatic rings. The number of hydrogen-bond acceptors (Lipinski definition) is 2. The fourth-order valence-corrected chi connectivity index (χ4v) is 2.35. The summed E-state index contributed by atoms with van der Waals surface area (Å²) in [4.78, 5) is 0. The van der Waals surface area contributed by atoms with Gasteiger partial charge < -0.3 is 10.1 Å². The molecule has 0 heterocycles. The zero-order valence-corrected chi connectivity index (χ0v) is 13.8. The molecule has 1 saturated carbocycles. The van der Waals surface area contributed by atoms with Gasteiger partial charge in [-0.2, -0.15) is 0 Å². The van der Waals surface area contributed by atoms with E-state index < -0.39 is 0 Å². The summed E-state index contributed by atoms with van der Waals surface area (Å²) in [5, 5.41) is 3.18. The van der Waals surface area contributed by atoms with Gasteiger partial charge in [0, 0.05) is 12.7 Å². The van der Waals surface area contributed by atoms with Gasteiger partial charge >= 0.3 is 0 Å². The van der Waals surface area contributed by atoms with Gasteiger partial charge in [-0.25, -0.2) is 0 Å². The molecular weight excluding hydrogens is 270 g/mol. The fourth-order valence-electron chi connectivity index (χ4n) is 2.35. The van der Waals surface area contributed by atoms with Gasteiger partial charge in [-0.1, -0.05) is 55.5 Å². The SMILES string of the molecule is C=C(/C=C\C=C(/COCc1ccccc1C1CC1)NC)CC. The van der Waals surface area contributed by atoms with Gasteiger partial charge in [0.1, 0.15) is 0 Å². The van der Waals surface area contributed by atoms with Gasteiger partial charge in [-0.15, -0.1) is 0 Å². The van der Waals surface area contributed by atoms with Crippen molar-refractivity contribution in [3.8, 4) is 0 Å². The van der Waals surface area contributed by atoms with Crippen molar-refractivity contribution in [1.82, 2.24) is 5.32 Å². The molecule has 1 aromatic carbocycles. The van der Waals surface area contributed by atoms with Crippen molar-refractivity contribution >= 4 is 0 Å². The van der Waals surface area contributed by atoms with Crippen LogP contribution in [0.15, 0.2) is 60.3 Å². The monoisotopic (exact) mass is 297 g/mol. The molecule has 118 valence electrons. The summed E-state index contributed by atoms with van der Waals surface area (Å²) in [6.07, 6.45) is 9.75. The molecule has 0 radical (unpaired) electrons. The molecule has 0 aromatic heterocycles. The smallest absolute Gasteiger partial charge is 0.0866 e. The topological polar surface area (TPSA) is 21.3 Å². The molecule has 0 amide bonds. The molecule has 1 aliphatic carbocycles. The molecule has 2 nitrogen and oxygen atoms in total. The second kappa shape index (κ2) is 8.60. The summed E-state index contributed by atoms with van der Waals surface area (Å²) in [6.45, 7) is 7.34. The predicted octanol–water partition coefficient (Wildman–Crippen LogP) is 4.71. The molecule has 0 aliphatic heterocycles. The lowest BCUT2D eigenvalue weighted by atomic mass is 10.0. The minimum atomic E-state index is 0.596. The second-order valence-corrected chi connectivity index (χ2v) is 5.78. The summed E-state index contributed by atoms with van der Waals surface area (Å²) >= 11 is 0. The molecule has 0 atom stereocenters. The van der Waals surface area contributed by atoms with Crippen LogP contribution in [0.3, 0.4) is 0 Å². The Morgan fingerprint density at radius 3 is 2.82 bits per heavy atom. The molecule has 2 rings (SSSR count). The first kappa shape index (κ1) is 16.6. The Bertz CT molecular complexity index is 553. The maximum atomic E-state index is 5.89. The van der Waals surface area contributed by atoms with E-state index in [1.54, 1.807) is 0 Å². The number of hydrogen-bond donors (Lipinski definition) is 1. The van der Waals surface area contributed by atoms with Gasteiger partial charge in [0.2, 0.25) is 0 Å². The fraction of sp³-hybridized carbons (Fsp3) is 0.400. The highest BCUT2D eigenvalue weighted by Crippen LogP contribution is 2.41. The molecule has 1 aliphatic rings. The van der Waals surface area contributed by atoms with Crippen LogP contribution in [-0.4, -0.2) is 13.7 Å². The number of nitrogens with one attached hydrogen (secondary N) is 1. The highest BCUT2D eigenvalue weighted by Gasteiger charge is 2.25. The molecule has 0 saturated heterocycles. The van der Waals surface area contributed by atoms with E-state index in [9.17, 15) is 0 Å². The number of allylic oxidation sites excluding steroid dienone is 4. The summed E-state index contributed by atoms with van der Waals surface area (Å²) in [7, 11) is 1.93. The summed E-state index contributed by atoms with van der Waals surface area (Å²) in [6, 6.07) is 8.64. The van der Waals surface area contributed by atoms with E-state index in [0.29, 0.717) is 13.2 Å². The largest absolute Gasteiger partial charge is 0.390 e. The molecule has 22 heavy (non-hydrogen) atoms.